The Labute approximate surface area is 933 Å². The third-order valence-corrected chi connectivity index (χ3v) is 44.2. The van der Waals surface area contributed by atoms with E-state index < -0.39 is 27.6 Å². The van der Waals surface area contributed by atoms with Crippen LogP contribution < -0.4 is 75.4 Å². The number of halogens is 2. The average Bonchev–Trinajstić information content (AvgIpc) is 1.59. The summed E-state index contributed by atoms with van der Waals surface area (Å²) in [6.45, 7) is 38.6. The van der Waals surface area contributed by atoms with Crippen LogP contribution in [-0.4, -0.2) is 139 Å². The minimum absolute atomic E-state index is 0. The van der Waals surface area contributed by atoms with E-state index in [1.165, 1.54) is 231 Å². The van der Waals surface area contributed by atoms with Crippen molar-refractivity contribution >= 4 is 68.9 Å². The maximum Gasteiger partial charge on any atom is 1.00 e. The van der Waals surface area contributed by atoms with E-state index in [9.17, 15) is 38.5 Å². The van der Waals surface area contributed by atoms with Crippen LogP contribution in [0, 0.1) is 187 Å². The molecule has 11 nitrogen and oxygen atoms in total. The van der Waals surface area contributed by atoms with Crippen molar-refractivity contribution in [3.05, 3.63) is 34.9 Å². The molecule has 1 saturated heterocycles. The third kappa shape index (κ3) is 27.8. The zero-order valence-corrected chi connectivity index (χ0v) is 95.7. The Morgan fingerprint density at radius 3 is 1.09 bits per heavy atom. The van der Waals surface area contributed by atoms with Crippen LogP contribution in [0.15, 0.2) is 34.9 Å². The molecule has 1 spiro atoms. The second-order valence-corrected chi connectivity index (χ2v) is 51.4. The van der Waals surface area contributed by atoms with Gasteiger partial charge in [-0.2, -0.15) is 0 Å². The van der Waals surface area contributed by atoms with E-state index in [-0.39, 0.29) is 138 Å². The van der Waals surface area contributed by atoms with Gasteiger partial charge in [0.15, 0.2) is 0 Å². The summed E-state index contributed by atoms with van der Waals surface area (Å²) in [5.41, 5.74) is 6.22. The molecule has 0 aromatic rings. The fourth-order valence-corrected chi connectivity index (χ4v) is 38.6. The van der Waals surface area contributed by atoms with E-state index in [0.717, 1.165) is 201 Å². The molecular weight excluding hydrogens is 1940 g/mol. The van der Waals surface area contributed by atoms with E-state index in [4.69, 9.17) is 20.3 Å². The molecule has 5 unspecified atom stereocenters. The molecule has 21 aliphatic rings. The normalized spacial score (nSPS) is 45.9. The van der Waals surface area contributed by atoms with Crippen LogP contribution in [0.4, 0.5) is 4.32 Å². The van der Waals surface area contributed by atoms with Crippen LogP contribution in [0.1, 0.15) is 425 Å². The van der Waals surface area contributed by atoms with Crippen molar-refractivity contribution in [3.8, 4) is 0 Å². The number of Topliss-reactive ketones (excluding diaryl/α,β-unsaturated/α-hetero) is 2. The maximum atomic E-state index is 12.2. The predicted octanol–water partition coefficient (Wildman–Crippen LogP) is 24.1. The van der Waals surface area contributed by atoms with Crippen molar-refractivity contribution in [2.45, 2.75) is 452 Å². The van der Waals surface area contributed by atoms with Crippen LogP contribution in [0.2, 0.25) is 0 Å². The minimum Gasteiger partial charge on any atom is -1.00 e. The van der Waals surface area contributed by atoms with Crippen LogP contribution >= 0.6 is 33.4 Å². The van der Waals surface area contributed by atoms with Gasteiger partial charge >= 0.3 is 74.2 Å². The number of thiol groups is 1. The first-order valence-corrected chi connectivity index (χ1v) is 58.8. The molecule has 0 aromatic heterocycles. The molecule has 0 aromatic carbocycles. The molecule has 20 saturated carbocycles. The second kappa shape index (κ2) is 56.7. The summed E-state index contributed by atoms with van der Waals surface area (Å²) in [6.07, 6.45) is 68.3. The third-order valence-electron chi connectivity index (χ3n) is 44.2. The number of hydrogen-bond donors (Lipinski definition) is 4. The van der Waals surface area contributed by atoms with Crippen molar-refractivity contribution in [2.75, 3.05) is 65.4 Å². The molecule has 1 heterocycles. The zero-order chi connectivity index (χ0) is 95.3. The van der Waals surface area contributed by atoms with Gasteiger partial charge in [0, 0.05) is 40.0 Å². The monoisotopic (exact) mass is 2150 g/mol. The summed E-state index contributed by atoms with van der Waals surface area (Å²) in [6, 6.07) is 0. The van der Waals surface area contributed by atoms with Crippen molar-refractivity contribution < 1.29 is 134 Å². The van der Waals surface area contributed by atoms with E-state index >= 15 is 0 Å². The Morgan fingerprint density at radius 2 is 0.763 bits per heavy atom. The Kier molecular flexibility index (Phi) is 52.8. The number of carbonyl (C=O) groups excluding carboxylic acids is 2. The van der Waals surface area contributed by atoms with Crippen LogP contribution in [-0.2, 0) is 43.5 Å². The number of aliphatic hydroxyl groups is 4. The number of aliphatic hydroxyl groups excluding tert-OH is 1. The smallest absolute Gasteiger partial charge is 1.00 e. The second-order valence-electron chi connectivity index (χ2n) is 49.6. The molecule has 0 bridgehead atoms. The predicted molar refractivity (Wildman–Crippen MR) is 589 cm³/mol. The van der Waals surface area contributed by atoms with Crippen molar-refractivity contribution in [1.29, 1.82) is 0 Å². The number of fused-ring (bicyclic) bond motifs is 25. The van der Waals surface area contributed by atoms with Gasteiger partial charge in [-0.15, -0.1) is 13.4 Å². The largest absolute Gasteiger partial charge is 1.00 e. The molecule has 20 heteroatoms. The standard InChI is InChI=1S/C23H40O3.C23H38O3.C23H38O2.C21H32O.C20H30O.C2H6OS.CH5P.6CH4.BFS.BS.HI.K/c2*1-4-26-14-23(25)12-10-17-16(13-23)5-6-19-18(17)9-11-22(3)20(15(2)24)7-8-21(19)22;1-4-17-7-9-21-20-8-6-16-14-23(24,15-25-5-2)13-11-18(16)19(20)10-12-22(17,21)3;1-3-15-5-7-19-18-6-4-14-12-21(13-22-21)11-9-16(14)17(18)8-10-20(15,19)2;1-3-14-5-9-19-18-7-4-13-12-15(21)6-8-16(13)17(18)10-11-20(14,19)2;1-4(2)3;1-2;;;;;;;2-1-3;1-2;;/h15-21,24-25H,4-14H2,1-3H3;16-21,25H,4-14H2,1-3H3;4,16,18-21,24H,5-15H2,1-3H3;3,14,16-19H,4-13H2,1-2H3;3,13,16-19H,4-12H2,1-2H3;1-2H3;2H2,1H3;6*1H4;;;1H;/q;;;;;;;;;;;;;;-1;;+1/t15?,16-,17-,18+,19+,20?,21-,22+,23+;16-,17-,18+,19+,20?,21-,22+,23+;16-,18-,19+,20+,21-,22+,23+;14-,16-,17+,18+,19-,20+,21?;13-,16-,17+,18+,19-,20+;;;;;;;;;;;;/m00000............/s1/i;;;;;;1D;;;;;;;;;;. The molecular formula is C119H214B2FIKO11PS3. The summed E-state index contributed by atoms with van der Waals surface area (Å²) in [7, 11) is 1.37. The first-order valence-electron chi connectivity index (χ1n) is 55.6. The summed E-state index contributed by atoms with van der Waals surface area (Å²) in [4.78, 5) is 24.0. The fraction of sp³-hybridized carbons (Fsp3) is 0.933. The molecule has 21 fully saturated rings. The zero-order valence-electron chi connectivity index (χ0n) is 87.8. The Hall–Kier alpha value is 1.69. The van der Waals surface area contributed by atoms with Gasteiger partial charge in [0.25, 0.3) is 0 Å². The number of ether oxygens (including phenoxy) is 4. The van der Waals surface area contributed by atoms with Crippen LogP contribution in [0.25, 0.3) is 0 Å². The number of allylic oxidation sites excluding steroid dienone is 6. The SMILES string of the molecule is C.C.C.C.C.C.CC=C1CC[C@H]2[C@@H]3CC[C@H]4CC(=O)CC[C@@H]4[C@H]3CC[C@]12C.CC=C1CC[C@H]2[C@@H]3CC[C@H]4CC5(CC[C@@H]4[C@H]3CC[C@]12C)CO5.CC=C1CC[C@H]2[C@@H]3CC[C@H]4C[C@@](O)(COCC)CC[C@@H]4[C@H]3CC[C@]12C.CCOC[C@@]1(O)CC[C@H]2[C@@H](CC[C@@H]3[C@@H]2CC[C@]2(C)C(C(C)=O)CC[C@@H]32)C1.CCOC[C@@]1(O)CC[C@H]2[C@@H](CC[C@@H]3[C@@H]2CC[C@]2(C)C(C(C)O)CC[C@@H]32)C1.C[SH+](C)=O.FB=S.[2H]CP.[B-]=S.[I-].[K+]. The number of hydrogen-bond acceptors (Lipinski definition) is 13. The Morgan fingerprint density at radius 1 is 0.475 bits per heavy atom. The van der Waals surface area contributed by atoms with Gasteiger partial charge in [-0.25, -0.2) is 0 Å². The first-order chi connectivity index (χ1) is 63.1. The quantitative estimate of drug-likeness (QED) is 0.0293. The summed E-state index contributed by atoms with van der Waals surface area (Å²) in [5.74, 6) is 23.9. The average molecular weight is 2160 g/mol. The topological polar surface area (TPSA) is 172 Å². The van der Waals surface area contributed by atoms with Crippen molar-refractivity contribution in [1.82, 2.24) is 0 Å². The van der Waals surface area contributed by atoms with E-state index in [0.29, 0.717) is 109 Å². The van der Waals surface area contributed by atoms with Gasteiger partial charge in [-0.1, -0.05) is 121 Å². The van der Waals surface area contributed by atoms with Gasteiger partial charge in [-0.05, 0) is 512 Å². The van der Waals surface area contributed by atoms with E-state index in [2.05, 4.69) is 114 Å². The van der Waals surface area contributed by atoms with Gasteiger partial charge in [0.1, 0.15) is 11.6 Å². The molecule has 2 radical (unpaired) electrons. The Balaban J connectivity index is 0.000000296. The van der Waals surface area contributed by atoms with Gasteiger partial charge in [-0.3, -0.25) is 9.59 Å². The summed E-state index contributed by atoms with van der Waals surface area (Å²) < 4.78 is 48.4. The molecule has 38 atom stereocenters. The van der Waals surface area contributed by atoms with Gasteiger partial charge in [0.05, 0.1) is 78.2 Å². The van der Waals surface area contributed by atoms with Gasteiger partial charge in [0.2, 0.25) is 0 Å². The summed E-state index contributed by atoms with van der Waals surface area (Å²) >= 11 is 7.19. The van der Waals surface area contributed by atoms with E-state index in [1.54, 1.807) is 29.2 Å². The molecule has 20 aliphatic carbocycles. The number of epoxide rings is 1. The van der Waals surface area contributed by atoms with Crippen molar-refractivity contribution in [2.24, 2.45) is 187 Å². The first kappa shape index (κ1) is 129. The molecule has 0 amide bonds. The minimum atomic E-state index is -0.870. The van der Waals surface area contributed by atoms with Gasteiger partial charge < -0.3 is 82.1 Å². The number of rotatable bonds is 11. The molecule has 21 rings (SSSR count). The molecule has 1 aliphatic heterocycles. The van der Waals surface area contributed by atoms with Crippen LogP contribution in [0.3, 0.4) is 0 Å². The Bertz CT molecular complexity index is 3900. The summed E-state index contributed by atoms with van der Waals surface area (Å²) in [5, 5.41) is 43.2. The fourth-order valence-electron chi connectivity index (χ4n) is 38.6. The van der Waals surface area contributed by atoms with Crippen molar-refractivity contribution in [3.63, 3.8) is 0 Å². The maximum absolute atomic E-state index is 12.2. The molecule has 139 heavy (non-hydrogen) atoms. The van der Waals surface area contributed by atoms with Crippen LogP contribution in [0.5, 0.6) is 0 Å². The molecule has 4 N–H and O–H groups in total. The molecule has 800 valence electrons. The van der Waals surface area contributed by atoms with E-state index in [1.807, 2.05) is 34.6 Å². The number of carbonyl (C=O) groups is 2. The number of ketones is 2.